The smallest absolute Gasteiger partial charge is 0.243 e. The zero-order chi connectivity index (χ0) is 19.2. The van der Waals surface area contributed by atoms with Crippen LogP contribution in [0.5, 0.6) is 0 Å². The number of carbonyl (C=O) groups is 1. The fraction of sp³-hybridized carbons (Fsp3) is 0.316. The summed E-state index contributed by atoms with van der Waals surface area (Å²) in [4.78, 5) is 22.1. The molecule has 0 bridgehead atoms. The highest BCUT2D eigenvalue weighted by atomic mass is 32.1. The lowest BCUT2D eigenvalue weighted by atomic mass is 10.3. The number of benzene rings is 1. The number of thiazole rings is 1. The summed E-state index contributed by atoms with van der Waals surface area (Å²) in [5.74, 6) is 2.04. The summed E-state index contributed by atoms with van der Waals surface area (Å²) in [5.41, 5.74) is 0.973. The lowest BCUT2D eigenvalue weighted by Gasteiger charge is -2.11. The summed E-state index contributed by atoms with van der Waals surface area (Å²) in [7, 11) is 3.43. The fourth-order valence-corrected chi connectivity index (χ4v) is 3.29. The molecule has 0 fully saturated rings. The molecule has 7 nitrogen and oxygen atoms in total. The number of nitrogens with one attached hydrogen (secondary N) is 2. The van der Waals surface area contributed by atoms with Gasteiger partial charge in [0.2, 0.25) is 5.91 Å². The van der Waals surface area contributed by atoms with E-state index in [1.165, 1.54) is 4.90 Å². The molecule has 1 aromatic carbocycles. The third-order valence-corrected chi connectivity index (χ3v) is 4.86. The number of likely N-dealkylation sites (N-methyl/N-ethyl adjacent to an activating group) is 1. The molecule has 142 valence electrons. The van der Waals surface area contributed by atoms with Crippen LogP contribution >= 0.6 is 11.3 Å². The molecule has 0 unspecified atom stereocenters. The number of guanidine groups is 1. The molecule has 0 spiro atoms. The number of aromatic nitrogens is 1. The van der Waals surface area contributed by atoms with Gasteiger partial charge in [0, 0.05) is 20.6 Å². The largest absolute Gasteiger partial charge is 0.457 e. The maximum absolute atomic E-state index is 11.7. The molecular weight excluding hydrogens is 362 g/mol. The van der Waals surface area contributed by atoms with E-state index in [0.717, 1.165) is 26.7 Å². The van der Waals surface area contributed by atoms with Crippen LogP contribution in [-0.4, -0.2) is 48.9 Å². The quantitative estimate of drug-likeness (QED) is 0.504. The minimum atomic E-state index is -0.0525. The average molecular weight is 385 g/mol. The Morgan fingerprint density at radius 3 is 2.78 bits per heavy atom. The van der Waals surface area contributed by atoms with Crippen LogP contribution < -0.4 is 10.6 Å². The number of hydrogen-bond acceptors (Lipinski definition) is 5. The van der Waals surface area contributed by atoms with Crippen molar-refractivity contribution < 1.29 is 9.21 Å². The van der Waals surface area contributed by atoms with Crippen LogP contribution in [0.4, 0.5) is 0 Å². The van der Waals surface area contributed by atoms with Gasteiger partial charge in [-0.25, -0.2) is 9.98 Å². The van der Waals surface area contributed by atoms with Gasteiger partial charge < -0.3 is 20.0 Å². The molecule has 2 N–H and O–H groups in total. The summed E-state index contributed by atoms with van der Waals surface area (Å²) >= 11 is 1.61. The molecule has 0 radical (unpaired) electrons. The normalized spacial score (nSPS) is 11.6. The molecule has 3 aromatic rings. The Morgan fingerprint density at radius 2 is 2.04 bits per heavy atom. The van der Waals surface area contributed by atoms with E-state index in [9.17, 15) is 4.79 Å². The van der Waals surface area contributed by atoms with Gasteiger partial charge >= 0.3 is 0 Å². The highest BCUT2D eigenvalue weighted by molar-refractivity contribution is 7.21. The first-order valence-electron chi connectivity index (χ1n) is 8.74. The van der Waals surface area contributed by atoms with Crippen molar-refractivity contribution in [3.63, 3.8) is 0 Å². The molecule has 0 atom stereocenters. The van der Waals surface area contributed by atoms with Gasteiger partial charge in [-0.05, 0) is 31.2 Å². The SMILES string of the molecule is CCNC(=NCC(=O)N(C)C)NCc1ccc(-c2nc3ccccc3s2)o1. The van der Waals surface area contributed by atoms with E-state index in [4.69, 9.17) is 4.42 Å². The van der Waals surface area contributed by atoms with Crippen LogP contribution in [0.25, 0.3) is 21.0 Å². The topological polar surface area (TPSA) is 82.8 Å². The van der Waals surface area contributed by atoms with Crippen molar-refractivity contribution in [1.29, 1.82) is 0 Å². The molecule has 0 aliphatic rings. The lowest BCUT2D eigenvalue weighted by Crippen LogP contribution is -2.38. The number of hydrogen-bond donors (Lipinski definition) is 2. The number of furan rings is 1. The van der Waals surface area contributed by atoms with Crippen molar-refractivity contribution in [3.05, 3.63) is 42.2 Å². The number of rotatable bonds is 6. The van der Waals surface area contributed by atoms with E-state index in [-0.39, 0.29) is 12.5 Å². The van der Waals surface area contributed by atoms with Gasteiger partial charge in [-0.15, -0.1) is 11.3 Å². The van der Waals surface area contributed by atoms with Crippen molar-refractivity contribution in [2.24, 2.45) is 4.99 Å². The summed E-state index contributed by atoms with van der Waals surface area (Å²) < 4.78 is 7.05. The van der Waals surface area contributed by atoms with E-state index in [1.54, 1.807) is 25.4 Å². The molecule has 27 heavy (non-hydrogen) atoms. The van der Waals surface area contributed by atoms with Crippen LogP contribution in [0.3, 0.4) is 0 Å². The monoisotopic (exact) mass is 385 g/mol. The Hall–Kier alpha value is -2.87. The summed E-state index contributed by atoms with van der Waals surface area (Å²) in [6, 6.07) is 11.9. The Labute approximate surface area is 162 Å². The van der Waals surface area contributed by atoms with Crippen molar-refractivity contribution in [3.8, 4) is 10.8 Å². The van der Waals surface area contributed by atoms with Crippen LogP contribution in [0.1, 0.15) is 12.7 Å². The van der Waals surface area contributed by atoms with Crippen LogP contribution in [0, 0.1) is 0 Å². The lowest BCUT2D eigenvalue weighted by molar-refractivity contribution is -0.127. The predicted octanol–water partition coefficient (Wildman–Crippen LogP) is 2.70. The minimum Gasteiger partial charge on any atom is -0.457 e. The van der Waals surface area contributed by atoms with Gasteiger partial charge in [-0.1, -0.05) is 12.1 Å². The molecule has 2 aromatic heterocycles. The summed E-state index contributed by atoms with van der Waals surface area (Å²) in [5, 5.41) is 7.16. The molecule has 1 amide bonds. The van der Waals surface area contributed by atoms with Crippen molar-refractivity contribution in [1.82, 2.24) is 20.5 Å². The molecular formula is C19H23N5O2S. The summed E-state index contributed by atoms with van der Waals surface area (Å²) in [6.45, 7) is 3.24. The molecule has 0 saturated heterocycles. The zero-order valence-electron chi connectivity index (χ0n) is 15.7. The van der Waals surface area contributed by atoms with Gasteiger partial charge in [0.15, 0.2) is 16.7 Å². The number of carbonyl (C=O) groups excluding carboxylic acids is 1. The fourth-order valence-electron chi connectivity index (χ4n) is 2.37. The Balaban J connectivity index is 1.65. The van der Waals surface area contributed by atoms with E-state index < -0.39 is 0 Å². The maximum Gasteiger partial charge on any atom is 0.243 e. The van der Waals surface area contributed by atoms with E-state index >= 15 is 0 Å². The van der Waals surface area contributed by atoms with Gasteiger partial charge in [0.25, 0.3) is 0 Å². The maximum atomic E-state index is 11.7. The first-order chi connectivity index (χ1) is 13.1. The standard InChI is InChI=1S/C19H23N5O2S/c1-4-20-19(22-12-17(25)24(2)3)21-11-13-9-10-15(26-13)18-23-14-7-5-6-8-16(14)27-18/h5-10H,4,11-12H2,1-3H3,(H2,20,21,22). The third kappa shape index (κ3) is 4.85. The van der Waals surface area contributed by atoms with Crippen molar-refractivity contribution in [2.45, 2.75) is 13.5 Å². The van der Waals surface area contributed by atoms with Gasteiger partial charge in [-0.2, -0.15) is 0 Å². The number of fused-ring (bicyclic) bond motifs is 1. The predicted molar refractivity (Wildman–Crippen MR) is 109 cm³/mol. The average Bonchev–Trinajstić information content (AvgIpc) is 3.29. The van der Waals surface area contributed by atoms with Crippen LogP contribution in [-0.2, 0) is 11.3 Å². The highest BCUT2D eigenvalue weighted by Gasteiger charge is 2.11. The van der Waals surface area contributed by atoms with Crippen molar-refractivity contribution >= 4 is 33.4 Å². The van der Waals surface area contributed by atoms with Gasteiger partial charge in [-0.3, -0.25) is 4.79 Å². The molecule has 2 heterocycles. The van der Waals surface area contributed by atoms with Crippen LogP contribution in [0.2, 0.25) is 0 Å². The van der Waals surface area contributed by atoms with Gasteiger partial charge in [0.05, 0.1) is 16.8 Å². The Morgan fingerprint density at radius 1 is 1.22 bits per heavy atom. The molecule has 0 saturated carbocycles. The molecule has 0 aliphatic carbocycles. The van der Waals surface area contributed by atoms with Crippen molar-refractivity contribution in [2.75, 3.05) is 27.2 Å². The third-order valence-electron chi connectivity index (χ3n) is 3.81. The molecule has 3 rings (SSSR count). The van der Waals surface area contributed by atoms with E-state index in [2.05, 4.69) is 26.7 Å². The zero-order valence-corrected chi connectivity index (χ0v) is 16.5. The highest BCUT2D eigenvalue weighted by Crippen LogP contribution is 2.30. The van der Waals surface area contributed by atoms with Crippen LogP contribution in [0.15, 0.2) is 45.8 Å². The number of nitrogens with zero attached hydrogens (tertiary/aromatic N) is 3. The Bertz CT molecular complexity index is 911. The first kappa shape index (κ1) is 18.9. The minimum absolute atomic E-state index is 0.0525. The Kier molecular flexibility index (Phi) is 6.08. The van der Waals surface area contributed by atoms with E-state index in [1.807, 2.05) is 37.3 Å². The van der Waals surface area contributed by atoms with E-state index in [0.29, 0.717) is 19.0 Å². The number of aliphatic imine (C=N–C) groups is 1. The summed E-state index contributed by atoms with van der Waals surface area (Å²) in [6.07, 6.45) is 0. The number of amides is 1. The first-order valence-corrected chi connectivity index (χ1v) is 9.55. The molecule has 0 aliphatic heterocycles. The molecule has 8 heteroatoms. The number of para-hydroxylation sites is 1. The van der Waals surface area contributed by atoms with Gasteiger partial charge in [0.1, 0.15) is 12.3 Å². The second-order valence-corrected chi connectivity index (χ2v) is 7.12. The second-order valence-electron chi connectivity index (χ2n) is 6.09. The second kappa shape index (κ2) is 8.68.